The van der Waals surface area contributed by atoms with Crippen molar-refractivity contribution in [2.24, 2.45) is 0 Å². The monoisotopic (exact) mass is 300 g/mol. The Morgan fingerprint density at radius 1 is 1.59 bits per heavy atom. The van der Waals surface area contributed by atoms with Gasteiger partial charge in [-0.3, -0.25) is 4.79 Å². The Hall–Kier alpha value is -0.940. The van der Waals surface area contributed by atoms with Crippen molar-refractivity contribution in [3.8, 4) is 0 Å². The Labute approximate surface area is 108 Å². The normalized spacial score (nSPS) is 20.4. The van der Waals surface area contributed by atoms with E-state index in [1.807, 2.05) is 6.92 Å². The van der Waals surface area contributed by atoms with Crippen molar-refractivity contribution in [3.05, 3.63) is 34.1 Å². The molecule has 3 nitrogen and oxygen atoms in total. The predicted molar refractivity (Wildman–Crippen MR) is 67.5 cm³/mol. The van der Waals surface area contributed by atoms with E-state index in [9.17, 15) is 9.18 Å². The van der Waals surface area contributed by atoms with Gasteiger partial charge in [0.25, 0.3) is 5.91 Å². The van der Waals surface area contributed by atoms with Crippen molar-refractivity contribution in [2.75, 3.05) is 19.6 Å². The first kappa shape index (κ1) is 12.5. The van der Waals surface area contributed by atoms with E-state index < -0.39 is 5.82 Å². The summed E-state index contributed by atoms with van der Waals surface area (Å²) in [5.74, 6) is -0.524. The number of rotatable bonds is 1. The van der Waals surface area contributed by atoms with Crippen LogP contribution >= 0.6 is 15.9 Å². The largest absolute Gasteiger partial charge is 0.336 e. The molecule has 1 unspecified atom stereocenters. The Kier molecular flexibility index (Phi) is 3.79. The van der Waals surface area contributed by atoms with E-state index in [-0.39, 0.29) is 16.4 Å². The summed E-state index contributed by atoms with van der Waals surface area (Å²) < 4.78 is 13.6. The average molecular weight is 301 g/mol. The standard InChI is InChI=1S/C12H14BrFN2O/c1-8-7-16(6-5-15-8)12(17)9-3-2-4-10(14)11(9)13/h2-4,8,15H,5-7H2,1H3. The highest BCUT2D eigenvalue weighted by Gasteiger charge is 2.23. The maximum absolute atomic E-state index is 13.4. The van der Waals surface area contributed by atoms with Crippen molar-refractivity contribution in [3.63, 3.8) is 0 Å². The van der Waals surface area contributed by atoms with E-state index in [0.29, 0.717) is 18.7 Å². The molecule has 1 fully saturated rings. The van der Waals surface area contributed by atoms with Crippen LogP contribution in [0.15, 0.2) is 22.7 Å². The molecular formula is C12H14BrFN2O. The molecule has 1 aromatic rings. The molecule has 1 aliphatic rings. The molecule has 5 heteroatoms. The van der Waals surface area contributed by atoms with Crippen molar-refractivity contribution in [2.45, 2.75) is 13.0 Å². The number of hydrogen-bond acceptors (Lipinski definition) is 2. The lowest BCUT2D eigenvalue weighted by molar-refractivity contribution is 0.0707. The molecule has 2 rings (SSSR count). The zero-order valence-corrected chi connectivity index (χ0v) is 11.1. The number of carbonyl (C=O) groups is 1. The van der Waals surface area contributed by atoms with Gasteiger partial charge in [-0.2, -0.15) is 0 Å². The topological polar surface area (TPSA) is 32.3 Å². The van der Waals surface area contributed by atoms with Gasteiger partial charge in [0.2, 0.25) is 0 Å². The number of nitrogens with one attached hydrogen (secondary N) is 1. The van der Waals surface area contributed by atoms with Gasteiger partial charge in [-0.1, -0.05) is 6.07 Å². The lowest BCUT2D eigenvalue weighted by atomic mass is 10.1. The smallest absolute Gasteiger partial charge is 0.255 e. The molecule has 1 aromatic carbocycles. The van der Waals surface area contributed by atoms with Gasteiger partial charge in [-0.05, 0) is 35.0 Å². The number of piperazine rings is 1. The van der Waals surface area contributed by atoms with Crippen molar-refractivity contribution in [1.29, 1.82) is 0 Å². The molecule has 1 N–H and O–H groups in total. The van der Waals surface area contributed by atoms with Gasteiger partial charge in [-0.25, -0.2) is 4.39 Å². The summed E-state index contributed by atoms with van der Waals surface area (Å²) in [5, 5.41) is 3.26. The first-order chi connectivity index (χ1) is 8.09. The molecule has 0 aliphatic carbocycles. The highest BCUT2D eigenvalue weighted by Crippen LogP contribution is 2.22. The fourth-order valence-corrected chi connectivity index (χ4v) is 2.39. The van der Waals surface area contributed by atoms with Crippen LogP contribution < -0.4 is 5.32 Å². The minimum Gasteiger partial charge on any atom is -0.336 e. The molecule has 1 heterocycles. The molecule has 92 valence electrons. The van der Waals surface area contributed by atoms with Crippen LogP contribution in [-0.2, 0) is 0 Å². The van der Waals surface area contributed by atoms with Crippen LogP contribution in [0, 0.1) is 5.82 Å². The van der Waals surface area contributed by atoms with Crippen LogP contribution in [0.2, 0.25) is 0 Å². The Balaban J connectivity index is 2.22. The quantitative estimate of drug-likeness (QED) is 0.861. The number of amides is 1. The average Bonchev–Trinajstić information content (AvgIpc) is 2.32. The molecule has 1 saturated heterocycles. The van der Waals surface area contributed by atoms with Crippen molar-refractivity contribution < 1.29 is 9.18 Å². The highest BCUT2D eigenvalue weighted by molar-refractivity contribution is 9.10. The Morgan fingerprint density at radius 2 is 2.35 bits per heavy atom. The van der Waals surface area contributed by atoms with E-state index in [1.165, 1.54) is 6.07 Å². The molecule has 1 amide bonds. The summed E-state index contributed by atoms with van der Waals surface area (Å²) in [5.41, 5.74) is 0.388. The molecular weight excluding hydrogens is 287 g/mol. The van der Waals surface area contributed by atoms with Crippen LogP contribution in [0.3, 0.4) is 0 Å². The number of benzene rings is 1. The maximum Gasteiger partial charge on any atom is 0.255 e. The predicted octanol–water partition coefficient (Wildman–Crippen LogP) is 2.02. The van der Waals surface area contributed by atoms with Crippen LogP contribution in [-0.4, -0.2) is 36.5 Å². The van der Waals surface area contributed by atoms with Crippen LogP contribution in [0.4, 0.5) is 4.39 Å². The van der Waals surface area contributed by atoms with Crippen LogP contribution in [0.5, 0.6) is 0 Å². The van der Waals surface area contributed by atoms with Gasteiger partial charge < -0.3 is 10.2 Å². The summed E-state index contributed by atoms with van der Waals surface area (Å²) in [7, 11) is 0. The van der Waals surface area contributed by atoms with Crippen LogP contribution in [0.1, 0.15) is 17.3 Å². The first-order valence-corrected chi connectivity index (χ1v) is 6.35. The van der Waals surface area contributed by atoms with Crippen molar-refractivity contribution in [1.82, 2.24) is 10.2 Å². The van der Waals surface area contributed by atoms with E-state index in [4.69, 9.17) is 0 Å². The summed E-state index contributed by atoms with van der Waals surface area (Å²) in [6, 6.07) is 4.81. The third-order valence-corrected chi connectivity index (χ3v) is 3.64. The molecule has 0 spiro atoms. The second kappa shape index (κ2) is 5.14. The number of halogens is 2. The first-order valence-electron chi connectivity index (χ1n) is 5.56. The Morgan fingerprint density at radius 3 is 3.06 bits per heavy atom. The van der Waals surface area contributed by atoms with E-state index in [1.54, 1.807) is 17.0 Å². The number of nitrogens with zero attached hydrogens (tertiary/aromatic N) is 1. The molecule has 0 saturated carbocycles. The highest BCUT2D eigenvalue weighted by atomic mass is 79.9. The number of carbonyl (C=O) groups excluding carboxylic acids is 1. The lowest BCUT2D eigenvalue weighted by Gasteiger charge is -2.32. The molecule has 1 atom stereocenters. The molecule has 0 aromatic heterocycles. The van der Waals surface area contributed by atoms with Crippen molar-refractivity contribution >= 4 is 21.8 Å². The summed E-state index contributed by atoms with van der Waals surface area (Å²) in [6.45, 7) is 4.12. The summed E-state index contributed by atoms with van der Waals surface area (Å²) in [4.78, 5) is 14.0. The lowest BCUT2D eigenvalue weighted by Crippen LogP contribution is -2.51. The maximum atomic E-state index is 13.4. The second-order valence-electron chi connectivity index (χ2n) is 4.21. The molecule has 17 heavy (non-hydrogen) atoms. The third-order valence-electron chi connectivity index (χ3n) is 2.84. The summed E-state index contributed by atoms with van der Waals surface area (Å²) in [6.07, 6.45) is 0. The van der Waals surface area contributed by atoms with Gasteiger partial charge >= 0.3 is 0 Å². The second-order valence-corrected chi connectivity index (χ2v) is 5.00. The Bertz CT molecular complexity index is 439. The molecule has 0 radical (unpaired) electrons. The van der Waals surface area contributed by atoms with Gasteiger partial charge in [0, 0.05) is 25.7 Å². The van der Waals surface area contributed by atoms with Gasteiger partial charge in [-0.15, -0.1) is 0 Å². The van der Waals surface area contributed by atoms with Crippen LogP contribution in [0.25, 0.3) is 0 Å². The van der Waals surface area contributed by atoms with E-state index >= 15 is 0 Å². The number of hydrogen-bond donors (Lipinski definition) is 1. The minimum absolute atomic E-state index is 0.121. The van der Waals surface area contributed by atoms with Gasteiger partial charge in [0.15, 0.2) is 0 Å². The summed E-state index contributed by atoms with van der Waals surface area (Å²) >= 11 is 3.12. The SMILES string of the molecule is CC1CN(C(=O)c2cccc(F)c2Br)CCN1. The van der Waals surface area contributed by atoms with Gasteiger partial charge in [0.1, 0.15) is 5.82 Å². The minimum atomic E-state index is -0.404. The van der Waals surface area contributed by atoms with E-state index in [0.717, 1.165) is 6.54 Å². The van der Waals surface area contributed by atoms with Gasteiger partial charge in [0.05, 0.1) is 10.0 Å². The van der Waals surface area contributed by atoms with E-state index in [2.05, 4.69) is 21.2 Å². The fraction of sp³-hybridized carbons (Fsp3) is 0.417. The fourth-order valence-electron chi connectivity index (χ4n) is 1.96. The zero-order chi connectivity index (χ0) is 12.4. The third kappa shape index (κ3) is 2.66. The zero-order valence-electron chi connectivity index (χ0n) is 9.54. The molecule has 1 aliphatic heterocycles. The molecule has 0 bridgehead atoms.